The topological polar surface area (TPSA) is 47.1 Å². The van der Waals surface area contributed by atoms with Crippen molar-refractivity contribution in [2.24, 2.45) is 7.05 Å². The van der Waals surface area contributed by atoms with Crippen molar-refractivity contribution in [2.75, 3.05) is 6.54 Å². The lowest BCUT2D eigenvalue weighted by Crippen LogP contribution is -2.25. The van der Waals surface area contributed by atoms with Crippen molar-refractivity contribution in [1.82, 2.24) is 19.4 Å². The number of fused-ring (bicyclic) bond motifs is 2. The van der Waals surface area contributed by atoms with Gasteiger partial charge in [0.2, 0.25) is 5.89 Å². The van der Waals surface area contributed by atoms with Gasteiger partial charge in [0.1, 0.15) is 17.2 Å². The molecule has 1 atom stereocenters. The van der Waals surface area contributed by atoms with Gasteiger partial charge in [-0.3, -0.25) is 4.90 Å². The highest BCUT2D eigenvalue weighted by atomic mass is 19.1. The highest BCUT2D eigenvalue weighted by Crippen LogP contribution is 2.35. The Morgan fingerprint density at radius 3 is 2.96 bits per heavy atom. The van der Waals surface area contributed by atoms with Crippen LogP contribution in [0.3, 0.4) is 0 Å². The molecule has 2 aromatic heterocycles. The number of rotatable bonds is 3. The van der Waals surface area contributed by atoms with Gasteiger partial charge in [0.25, 0.3) is 0 Å². The average Bonchev–Trinajstić information content (AvgIpc) is 3.33. The smallest absolute Gasteiger partial charge is 0.209 e. The molecule has 0 spiro atoms. The van der Waals surface area contributed by atoms with E-state index in [1.54, 1.807) is 6.07 Å². The molecule has 1 aliphatic heterocycles. The van der Waals surface area contributed by atoms with Gasteiger partial charge in [-0.25, -0.2) is 14.4 Å². The molecule has 3 aromatic rings. The summed E-state index contributed by atoms with van der Waals surface area (Å²) in [7, 11) is 2.16. The molecular formula is C20H23FN4O. The summed E-state index contributed by atoms with van der Waals surface area (Å²) in [6, 6.07) is 4.79. The predicted octanol–water partition coefficient (Wildman–Crippen LogP) is 3.92. The molecule has 26 heavy (non-hydrogen) atoms. The van der Waals surface area contributed by atoms with Gasteiger partial charge in [0, 0.05) is 18.8 Å². The highest BCUT2D eigenvalue weighted by molar-refractivity contribution is 5.72. The summed E-state index contributed by atoms with van der Waals surface area (Å²) in [4.78, 5) is 11.9. The van der Waals surface area contributed by atoms with E-state index < -0.39 is 0 Å². The molecule has 5 nitrogen and oxygen atoms in total. The Morgan fingerprint density at radius 2 is 2.08 bits per heavy atom. The monoisotopic (exact) mass is 354 g/mol. The number of aryl methyl sites for hydroxylation is 1. The fraction of sp³-hybridized carbons (Fsp3) is 0.500. The number of aromatic nitrogens is 3. The zero-order valence-corrected chi connectivity index (χ0v) is 15.0. The fourth-order valence-corrected chi connectivity index (χ4v) is 4.50. The lowest BCUT2D eigenvalue weighted by atomic mass is 10.0. The van der Waals surface area contributed by atoms with Crippen LogP contribution in [0.1, 0.15) is 54.8 Å². The van der Waals surface area contributed by atoms with Crippen LogP contribution >= 0.6 is 0 Å². The lowest BCUT2D eigenvalue weighted by Gasteiger charge is -2.23. The zero-order valence-electron chi connectivity index (χ0n) is 15.0. The normalized spacial score (nSPS) is 20.8. The first kappa shape index (κ1) is 16.0. The summed E-state index contributed by atoms with van der Waals surface area (Å²) < 4.78 is 21.5. The van der Waals surface area contributed by atoms with Crippen LogP contribution in [0, 0.1) is 5.82 Å². The summed E-state index contributed by atoms with van der Waals surface area (Å²) in [5.74, 6) is 1.54. The first-order valence-electron chi connectivity index (χ1n) is 9.52. The van der Waals surface area contributed by atoms with Crippen molar-refractivity contribution in [3.8, 4) is 0 Å². The van der Waals surface area contributed by atoms with Crippen LogP contribution in [0.4, 0.5) is 4.39 Å². The van der Waals surface area contributed by atoms with Gasteiger partial charge >= 0.3 is 0 Å². The second-order valence-electron chi connectivity index (χ2n) is 7.48. The third kappa shape index (κ3) is 2.63. The second-order valence-corrected chi connectivity index (χ2v) is 7.48. The molecule has 1 fully saturated rings. The van der Waals surface area contributed by atoms with Crippen molar-refractivity contribution in [3.63, 3.8) is 0 Å². The molecule has 6 heteroatoms. The fourth-order valence-electron chi connectivity index (χ4n) is 4.50. The standard InChI is InChI=1S/C20H23FN4O/c1-24-16-6-3-2-5-14(16)23-20(24)17-7-4-10-25(17)12-19-22-15-11-13(21)8-9-18(15)26-19/h8-9,11,17H,2-7,10,12H2,1H3/t17-/m0/s1. The van der Waals surface area contributed by atoms with E-state index in [4.69, 9.17) is 9.40 Å². The third-order valence-corrected chi connectivity index (χ3v) is 5.80. The van der Waals surface area contributed by atoms with E-state index in [9.17, 15) is 4.39 Å². The van der Waals surface area contributed by atoms with Gasteiger partial charge < -0.3 is 8.98 Å². The maximum absolute atomic E-state index is 13.4. The van der Waals surface area contributed by atoms with E-state index in [0.717, 1.165) is 32.2 Å². The van der Waals surface area contributed by atoms with Crippen LogP contribution in [-0.4, -0.2) is 26.0 Å². The molecule has 136 valence electrons. The van der Waals surface area contributed by atoms with Crippen LogP contribution in [0.2, 0.25) is 0 Å². The van der Waals surface area contributed by atoms with E-state index in [-0.39, 0.29) is 5.82 Å². The van der Waals surface area contributed by atoms with Gasteiger partial charge in [0.15, 0.2) is 5.58 Å². The van der Waals surface area contributed by atoms with E-state index in [2.05, 4.69) is 21.5 Å². The first-order valence-corrected chi connectivity index (χ1v) is 9.52. The van der Waals surface area contributed by atoms with Crippen LogP contribution in [-0.2, 0) is 26.4 Å². The summed E-state index contributed by atoms with van der Waals surface area (Å²) in [6.07, 6.45) is 7.02. The Morgan fingerprint density at radius 1 is 1.19 bits per heavy atom. The molecule has 0 N–H and O–H groups in total. The Kier molecular flexibility index (Phi) is 3.81. The van der Waals surface area contributed by atoms with Gasteiger partial charge in [-0.2, -0.15) is 0 Å². The Labute approximate surface area is 151 Å². The molecule has 0 radical (unpaired) electrons. The van der Waals surface area contributed by atoms with Crippen molar-refractivity contribution in [1.29, 1.82) is 0 Å². The van der Waals surface area contributed by atoms with Gasteiger partial charge in [-0.1, -0.05) is 0 Å². The van der Waals surface area contributed by atoms with E-state index >= 15 is 0 Å². The van der Waals surface area contributed by atoms with Crippen LogP contribution < -0.4 is 0 Å². The minimum Gasteiger partial charge on any atom is -0.439 e. The maximum Gasteiger partial charge on any atom is 0.209 e. The molecule has 0 amide bonds. The predicted molar refractivity (Wildman–Crippen MR) is 96.2 cm³/mol. The molecule has 1 aliphatic carbocycles. The van der Waals surface area contributed by atoms with Crippen LogP contribution in [0.15, 0.2) is 22.6 Å². The molecular weight excluding hydrogens is 331 g/mol. The molecule has 0 saturated carbocycles. The van der Waals surface area contributed by atoms with Crippen LogP contribution in [0.5, 0.6) is 0 Å². The summed E-state index contributed by atoms with van der Waals surface area (Å²) in [5.41, 5.74) is 3.93. The second kappa shape index (κ2) is 6.20. The van der Waals surface area contributed by atoms with Crippen LogP contribution in [0.25, 0.3) is 11.1 Å². The number of hydrogen-bond donors (Lipinski definition) is 0. The van der Waals surface area contributed by atoms with E-state index in [1.165, 1.54) is 42.2 Å². The molecule has 3 heterocycles. The number of imidazole rings is 1. The SMILES string of the molecule is Cn1c([C@@H]2CCCN2Cc2nc3cc(F)ccc3o2)nc2c1CCCC2. The van der Waals surface area contributed by atoms with Gasteiger partial charge in [-0.15, -0.1) is 0 Å². The molecule has 0 bridgehead atoms. The van der Waals surface area contributed by atoms with Gasteiger partial charge in [0.05, 0.1) is 18.3 Å². The average molecular weight is 354 g/mol. The third-order valence-electron chi connectivity index (χ3n) is 5.80. The maximum atomic E-state index is 13.4. The number of likely N-dealkylation sites (tertiary alicyclic amines) is 1. The molecule has 0 unspecified atom stereocenters. The minimum absolute atomic E-state index is 0.282. The molecule has 5 rings (SSSR count). The summed E-state index contributed by atoms with van der Waals surface area (Å²) in [6.45, 7) is 1.65. The van der Waals surface area contributed by atoms with Gasteiger partial charge in [-0.05, 0) is 57.2 Å². The summed E-state index contributed by atoms with van der Waals surface area (Å²) in [5, 5.41) is 0. The first-order chi connectivity index (χ1) is 12.7. The van der Waals surface area contributed by atoms with Crippen molar-refractivity contribution in [2.45, 2.75) is 51.1 Å². The number of halogens is 1. The molecule has 1 saturated heterocycles. The van der Waals surface area contributed by atoms with Crippen molar-refractivity contribution >= 4 is 11.1 Å². The quantitative estimate of drug-likeness (QED) is 0.715. The largest absolute Gasteiger partial charge is 0.439 e. The molecule has 1 aromatic carbocycles. The highest BCUT2D eigenvalue weighted by Gasteiger charge is 2.32. The number of hydrogen-bond acceptors (Lipinski definition) is 4. The zero-order chi connectivity index (χ0) is 17.7. The van der Waals surface area contributed by atoms with Crippen molar-refractivity contribution < 1.29 is 8.81 Å². The Hall–Kier alpha value is -2.21. The molecule has 2 aliphatic rings. The van der Waals surface area contributed by atoms with E-state index in [1.807, 2.05) is 0 Å². The lowest BCUT2D eigenvalue weighted by molar-refractivity contribution is 0.215. The van der Waals surface area contributed by atoms with Crippen molar-refractivity contribution in [3.05, 3.63) is 47.1 Å². The number of benzene rings is 1. The Balaban J connectivity index is 1.42. The number of nitrogens with zero attached hydrogens (tertiary/aromatic N) is 4. The summed E-state index contributed by atoms with van der Waals surface area (Å²) >= 11 is 0. The van der Waals surface area contributed by atoms with E-state index in [0.29, 0.717) is 29.6 Å². The minimum atomic E-state index is -0.282. The number of oxazole rings is 1. The Bertz CT molecular complexity index is 960.